The smallest absolute Gasteiger partial charge is 0.137 e. The van der Waals surface area contributed by atoms with E-state index in [4.69, 9.17) is 4.42 Å². The van der Waals surface area contributed by atoms with E-state index >= 15 is 0 Å². The molecule has 0 bridgehead atoms. The van der Waals surface area contributed by atoms with Crippen LogP contribution >= 0.6 is 11.3 Å². The molecule has 3 heterocycles. The summed E-state index contributed by atoms with van der Waals surface area (Å²) < 4.78 is 11.4. The molecule has 0 aliphatic carbocycles. The Morgan fingerprint density at radius 2 is 1.13 bits per heavy atom. The molecule has 0 aliphatic rings. The Labute approximate surface area is 303 Å². The molecule has 0 spiro atoms. The molecular formula is C48H30N2OS. The van der Waals surface area contributed by atoms with E-state index in [0.717, 1.165) is 44.7 Å². The highest BCUT2D eigenvalue weighted by Crippen LogP contribution is 2.51. The molecule has 0 saturated heterocycles. The lowest BCUT2D eigenvalue weighted by Gasteiger charge is -2.28. The first-order chi connectivity index (χ1) is 25.8. The third-order valence-corrected chi connectivity index (χ3v) is 11.6. The van der Waals surface area contributed by atoms with Crippen LogP contribution in [0.2, 0.25) is 0 Å². The minimum absolute atomic E-state index is 0.873. The second-order valence-corrected chi connectivity index (χ2v) is 14.3. The van der Waals surface area contributed by atoms with Crippen molar-refractivity contribution in [1.82, 2.24) is 4.57 Å². The van der Waals surface area contributed by atoms with E-state index in [1.165, 1.54) is 53.1 Å². The van der Waals surface area contributed by atoms with Gasteiger partial charge in [0.1, 0.15) is 11.2 Å². The third-order valence-electron chi connectivity index (χ3n) is 10.4. The molecule has 244 valence electrons. The number of furan rings is 1. The monoisotopic (exact) mass is 682 g/mol. The molecule has 0 unspecified atom stereocenters. The number of thiophene rings is 1. The Morgan fingerprint density at radius 3 is 2.00 bits per heavy atom. The number of fused-ring (bicyclic) bond motifs is 9. The fourth-order valence-electron chi connectivity index (χ4n) is 8.15. The van der Waals surface area contributed by atoms with Crippen LogP contribution in [0.4, 0.5) is 17.1 Å². The van der Waals surface area contributed by atoms with Crippen molar-refractivity contribution in [3.05, 3.63) is 182 Å². The van der Waals surface area contributed by atoms with Crippen LogP contribution in [0, 0.1) is 0 Å². The maximum atomic E-state index is 6.49. The van der Waals surface area contributed by atoms with Gasteiger partial charge in [-0.15, -0.1) is 11.3 Å². The summed E-state index contributed by atoms with van der Waals surface area (Å²) in [6.07, 6.45) is 0. The molecule has 0 saturated carbocycles. The standard InChI is InChI=1S/C48H30N2OS/c1-3-14-31(15-4-1)34-27-29-42(47-37-20-9-12-25-45(37)52-48(34)47)50(41-22-13-24-44-46(41)36-19-8-11-23-43(36)51-44)33-26-28-40-38(30-33)35-18-7-10-21-39(35)49(40)32-16-5-2-6-17-32/h1-30H. The summed E-state index contributed by atoms with van der Waals surface area (Å²) in [7, 11) is 0. The average Bonchev–Trinajstić information content (AvgIpc) is 3.89. The highest BCUT2D eigenvalue weighted by atomic mass is 32.1. The molecule has 52 heavy (non-hydrogen) atoms. The van der Waals surface area contributed by atoms with E-state index in [-0.39, 0.29) is 0 Å². The lowest BCUT2D eigenvalue weighted by Crippen LogP contribution is -2.11. The Kier molecular flexibility index (Phi) is 6.42. The van der Waals surface area contributed by atoms with Gasteiger partial charge in [-0.2, -0.15) is 0 Å². The van der Waals surface area contributed by atoms with Crippen molar-refractivity contribution in [3.63, 3.8) is 0 Å². The van der Waals surface area contributed by atoms with Crippen LogP contribution in [0.1, 0.15) is 0 Å². The van der Waals surface area contributed by atoms with Crippen molar-refractivity contribution < 1.29 is 4.42 Å². The maximum absolute atomic E-state index is 6.49. The SMILES string of the molecule is c1ccc(-c2ccc(N(c3ccc4c(c3)c3ccccc3n4-c3ccccc3)c3cccc4oc5ccccc5c34)c3c2sc2ccccc23)cc1. The molecule has 4 heteroatoms. The molecule has 8 aromatic carbocycles. The number of anilines is 3. The molecule has 0 amide bonds. The van der Waals surface area contributed by atoms with E-state index in [0.29, 0.717) is 0 Å². The number of benzene rings is 8. The van der Waals surface area contributed by atoms with Gasteiger partial charge in [0.05, 0.1) is 27.8 Å². The zero-order valence-corrected chi connectivity index (χ0v) is 28.8. The predicted molar refractivity (Wildman–Crippen MR) is 221 cm³/mol. The van der Waals surface area contributed by atoms with Gasteiger partial charge in [0.15, 0.2) is 0 Å². The number of aromatic nitrogens is 1. The molecule has 11 rings (SSSR count). The normalized spacial score (nSPS) is 11.8. The minimum atomic E-state index is 0.873. The van der Waals surface area contributed by atoms with E-state index in [1.807, 2.05) is 17.4 Å². The number of rotatable bonds is 5. The van der Waals surface area contributed by atoms with Gasteiger partial charge in [0.25, 0.3) is 0 Å². The van der Waals surface area contributed by atoms with Crippen molar-refractivity contribution in [2.45, 2.75) is 0 Å². The zero-order chi connectivity index (χ0) is 34.2. The topological polar surface area (TPSA) is 21.3 Å². The number of para-hydroxylation sites is 3. The molecule has 3 nitrogen and oxygen atoms in total. The van der Waals surface area contributed by atoms with Gasteiger partial charge in [-0.25, -0.2) is 0 Å². The van der Waals surface area contributed by atoms with Gasteiger partial charge < -0.3 is 13.9 Å². The first-order valence-electron chi connectivity index (χ1n) is 17.6. The Hall–Kier alpha value is -6.62. The molecular weight excluding hydrogens is 653 g/mol. The van der Waals surface area contributed by atoms with Crippen molar-refractivity contribution in [1.29, 1.82) is 0 Å². The Balaban J connectivity index is 1.26. The van der Waals surface area contributed by atoms with Crippen LogP contribution < -0.4 is 4.90 Å². The molecule has 3 aromatic heterocycles. The number of nitrogens with zero attached hydrogens (tertiary/aromatic N) is 2. The highest BCUT2D eigenvalue weighted by molar-refractivity contribution is 7.26. The molecule has 0 radical (unpaired) electrons. The van der Waals surface area contributed by atoms with Gasteiger partial charge in [0, 0.05) is 47.7 Å². The van der Waals surface area contributed by atoms with Crippen molar-refractivity contribution >= 4 is 92.3 Å². The van der Waals surface area contributed by atoms with Gasteiger partial charge in [0.2, 0.25) is 0 Å². The van der Waals surface area contributed by atoms with Gasteiger partial charge >= 0.3 is 0 Å². The number of hydrogen-bond acceptors (Lipinski definition) is 3. The van der Waals surface area contributed by atoms with E-state index in [1.54, 1.807) is 0 Å². The molecule has 11 aromatic rings. The van der Waals surface area contributed by atoms with Crippen LogP contribution in [0.3, 0.4) is 0 Å². The van der Waals surface area contributed by atoms with E-state index in [9.17, 15) is 0 Å². The Bertz CT molecular complexity index is 3130. The lowest BCUT2D eigenvalue weighted by atomic mass is 9.99. The summed E-state index contributed by atoms with van der Waals surface area (Å²) in [5, 5.41) is 7.14. The van der Waals surface area contributed by atoms with Crippen LogP contribution in [0.5, 0.6) is 0 Å². The number of hydrogen-bond donors (Lipinski definition) is 0. The second-order valence-electron chi connectivity index (χ2n) is 13.3. The van der Waals surface area contributed by atoms with E-state index < -0.39 is 0 Å². The van der Waals surface area contributed by atoms with Crippen LogP contribution in [0.15, 0.2) is 186 Å². The summed E-state index contributed by atoms with van der Waals surface area (Å²) >= 11 is 1.87. The third kappa shape index (κ3) is 4.31. The summed E-state index contributed by atoms with van der Waals surface area (Å²) in [5.41, 5.74) is 11.0. The quantitative estimate of drug-likeness (QED) is 0.180. The van der Waals surface area contributed by atoms with Crippen LogP contribution in [-0.4, -0.2) is 4.57 Å². The summed E-state index contributed by atoms with van der Waals surface area (Å²) in [4.78, 5) is 2.47. The van der Waals surface area contributed by atoms with Crippen molar-refractivity contribution in [2.75, 3.05) is 4.90 Å². The zero-order valence-electron chi connectivity index (χ0n) is 28.0. The largest absolute Gasteiger partial charge is 0.456 e. The van der Waals surface area contributed by atoms with Crippen LogP contribution in [0.25, 0.3) is 80.7 Å². The van der Waals surface area contributed by atoms with Gasteiger partial charge in [-0.1, -0.05) is 115 Å². The van der Waals surface area contributed by atoms with Gasteiger partial charge in [-0.3, -0.25) is 0 Å². The predicted octanol–water partition coefficient (Wildman–Crippen LogP) is 14.2. The highest BCUT2D eigenvalue weighted by Gasteiger charge is 2.25. The molecule has 0 aliphatic heterocycles. The minimum Gasteiger partial charge on any atom is -0.456 e. The second kappa shape index (κ2) is 11.5. The first kappa shape index (κ1) is 29.1. The molecule has 0 fully saturated rings. The molecule has 0 atom stereocenters. The maximum Gasteiger partial charge on any atom is 0.137 e. The van der Waals surface area contributed by atoms with Crippen molar-refractivity contribution in [3.8, 4) is 16.8 Å². The fraction of sp³-hybridized carbons (Fsp3) is 0. The van der Waals surface area contributed by atoms with Crippen molar-refractivity contribution in [2.24, 2.45) is 0 Å². The van der Waals surface area contributed by atoms with E-state index in [2.05, 4.69) is 185 Å². The van der Waals surface area contributed by atoms with Gasteiger partial charge in [-0.05, 0) is 77.9 Å². The lowest BCUT2D eigenvalue weighted by molar-refractivity contribution is 0.669. The summed E-state index contributed by atoms with van der Waals surface area (Å²) in [6, 6.07) is 65.4. The van der Waals surface area contributed by atoms with Crippen LogP contribution in [-0.2, 0) is 0 Å². The average molecular weight is 683 g/mol. The Morgan fingerprint density at radius 1 is 0.462 bits per heavy atom. The summed E-state index contributed by atoms with van der Waals surface area (Å²) in [6.45, 7) is 0. The fourth-order valence-corrected chi connectivity index (χ4v) is 9.41. The first-order valence-corrected chi connectivity index (χ1v) is 18.4. The molecule has 0 N–H and O–H groups in total. The summed E-state index contributed by atoms with van der Waals surface area (Å²) in [5.74, 6) is 0.